The van der Waals surface area contributed by atoms with Crippen molar-refractivity contribution in [3.05, 3.63) is 83.4 Å². The second-order valence-electron chi connectivity index (χ2n) is 6.34. The van der Waals surface area contributed by atoms with Gasteiger partial charge >= 0.3 is 0 Å². The van der Waals surface area contributed by atoms with Gasteiger partial charge in [0, 0.05) is 11.3 Å². The van der Waals surface area contributed by atoms with Gasteiger partial charge in [-0.15, -0.1) is 0 Å². The minimum Gasteiger partial charge on any atom is -0.393 e. The molecule has 150 valence electrons. The lowest BCUT2D eigenvalue weighted by Crippen LogP contribution is -2.30. The minimum absolute atomic E-state index is 0.0340. The highest BCUT2D eigenvalue weighted by molar-refractivity contribution is 6.31. The summed E-state index contributed by atoms with van der Waals surface area (Å²) < 4.78 is 13.3. The van der Waals surface area contributed by atoms with Crippen LogP contribution in [-0.4, -0.2) is 15.9 Å². The molecule has 0 spiro atoms. The van der Waals surface area contributed by atoms with E-state index >= 15 is 0 Å². The molecule has 0 radical (unpaired) electrons. The number of benzene rings is 3. The fourth-order valence-electron chi connectivity index (χ4n) is 2.91. The number of nitrogens with two attached hydrogens (primary N) is 1. The molecule has 1 amide bonds. The lowest BCUT2D eigenvalue weighted by Gasteiger charge is -2.14. The number of anilines is 4. The minimum atomic E-state index is -0.531. The summed E-state index contributed by atoms with van der Waals surface area (Å²) in [6.45, 7) is 0. The molecule has 0 unspecified atom stereocenters. The largest absolute Gasteiger partial charge is 0.393 e. The number of hydrogen-bond acceptors (Lipinski definition) is 6. The Morgan fingerprint density at radius 1 is 1.00 bits per heavy atom. The lowest BCUT2D eigenvalue weighted by atomic mass is 10.0. The number of nitrogens with zero attached hydrogens (tertiary/aromatic N) is 2. The first-order chi connectivity index (χ1) is 14.5. The molecule has 0 fully saturated rings. The smallest absolute Gasteiger partial charge is 0.270 e. The van der Waals surface area contributed by atoms with E-state index in [2.05, 4.69) is 26.1 Å². The van der Waals surface area contributed by atoms with E-state index in [0.29, 0.717) is 11.3 Å². The van der Waals surface area contributed by atoms with E-state index in [9.17, 15) is 9.18 Å². The van der Waals surface area contributed by atoms with Gasteiger partial charge in [0.25, 0.3) is 5.91 Å². The Morgan fingerprint density at radius 3 is 2.60 bits per heavy atom. The molecule has 0 saturated heterocycles. The zero-order chi connectivity index (χ0) is 21.1. The number of hydrazine groups is 1. The third-order valence-electron chi connectivity index (χ3n) is 4.39. The molecular weight excluding hydrogens is 407 g/mol. The Kier molecular flexibility index (Phi) is 5.32. The number of amides is 1. The first-order valence-electron chi connectivity index (χ1n) is 8.89. The molecule has 3 aromatic carbocycles. The van der Waals surface area contributed by atoms with Gasteiger partial charge in [-0.25, -0.2) is 14.4 Å². The van der Waals surface area contributed by atoms with Crippen LogP contribution in [0.15, 0.2) is 67.0 Å². The molecule has 0 atom stereocenters. The molecular formula is C21H16ClFN6O. The molecule has 5 N–H and O–H groups in total. The standard InChI is InChI=1S/C21H16ClFN6O/c22-16-10-13(8-9-17(16)23)27-19-18(24)20(26-11-25-19)28-29-21(30)15-7-3-5-12-4-1-2-6-14(12)15/h1-11H,24H2,(H,29,30)(H2,25,26,27,28). The van der Waals surface area contributed by atoms with Gasteiger partial charge in [-0.1, -0.05) is 48.0 Å². The van der Waals surface area contributed by atoms with E-state index in [1.807, 2.05) is 36.4 Å². The van der Waals surface area contributed by atoms with Crippen LogP contribution in [0.1, 0.15) is 10.4 Å². The van der Waals surface area contributed by atoms with Crippen LogP contribution in [0.3, 0.4) is 0 Å². The number of carbonyl (C=O) groups excluding carboxylic acids is 1. The number of nitrogens with one attached hydrogen (secondary N) is 3. The van der Waals surface area contributed by atoms with Gasteiger partial charge in [0.2, 0.25) is 0 Å². The van der Waals surface area contributed by atoms with Crippen molar-refractivity contribution in [3.63, 3.8) is 0 Å². The van der Waals surface area contributed by atoms with E-state index in [4.69, 9.17) is 17.3 Å². The highest BCUT2D eigenvalue weighted by Gasteiger charge is 2.13. The van der Waals surface area contributed by atoms with Crippen LogP contribution in [0, 0.1) is 5.82 Å². The first kappa shape index (κ1) is 19.4. The average molecular weight is 423 g/mol. The summed E-state index contributed by atoms with van der Waals surface area (Å²) in [5, 5.41) is 4.69. The van der Waals surface area contributed by atoms with E-state index in [0.717, 1.165) is 10.8 Å². The Hall–Kier alpha value is -3.91. The van der Waals surface area contributed by atoms with Crippen LogP contribution < -0.4 is 21.9 Å². The first-order valence-corrected chi connectivity index (χ1v) is 9.27. The summed E-state index contributed by atoms with van der Waals surface area (Å²) in [5.41, 5.74) is 12.6. The Labute approximate surface area is 176 Å². The fraction of sp³-hybridized carbons (Fsp3) is 0. The highest BCUT2D eigenvalue weighted by Crippen LogP contribution is 2.27. The zero-order valence-electron chi connectivity index (χ0n) is 15.5. The topological polar surface area (TPSA) is 105 Å². The quantitative estimate of drug-likeness (QED) is 0.353. The maximum absolute atomic E-state index is 13.3. The molecule has 0 aliphatic carbocycles. The number of rotatable bonds is 5. The number of halogens is 2. The summed E-state index contributed by atoms with van der Waals surface area (Å²) in [4.78, 5) is 20.8. The van der Waals surface area contributed by atoms with Gasteiger partial charge in [-0.05, 0) is 35.0 Å². The summed E-state index contributed by atoms with van der Waals surface area (Å²) >= 11 is 5.80. The van der Waals surface area contributed by atoms with Crippen molar-refractivity contribution in [2.24, 2.45) is 0 Å². The SMILES string of the molecule is Nc1c(NNC(=O)c2cccc3ccccc23)ncnc1Nc1ccc(F)c(Cl)c1. The summed E-state index contributed by atoms with van der Waals surface area (Å²) in [5.74, 6) is -0.398. The van der Waals surface area contributed by atoms with Crippen LogP contribution in [-0.2, 0) is 0 Å². The predicted octanol–water partition coefficient (Wildman–Crippen LogP) is 4.51. The number of hydrogen-bond donors (Lipinski definition) is 4. The normalized spacial score (nSPS) is 10.6. The van der Waals surface area contributed by atoms with E-state index in [-0.39, 0.29) is 28.3 Å². The molecule has 0 aliphatic heterocycles. The van der Waals surface area contributed by atoms with Crippen molar-refractivity contribution in [3.8, 4) is 0 Å². The summed E-state index contributed by atoms with van der Waals surface area (Å²) in [6.07, 6.45) is 1.27. The van der Waals surface area contributed by atoms with Gasteiger partial charge in [-0.2, -0.15) is 0 Å². The van der Waals surface area contributed by atoms with Crippen molar-refractivity contribution in [1.82, 2.24) is 15.4 Å². The maximum atomic E-state index is 13.3. The molecule has 4 aromatic rings. The molecule has 9 heteroatoms. The Bertz CT molecular complexity index is 1240. The van der Waals surface area contributed by atoms with Gasteiger partial charge in [-0.3, -0.25) is 15.6 Å². The van der Waals surface area contributed by atoms with Crippen molar-refractivity contribution < 1.29 is 9.18 Å². The zero-order valence-corrected chi connectivity index (χ0v) is 16.2. The maximum Gasteiger partial charge on any atom is 0.270 e. The second-order valence-corrected chi connectivity index (χ2v) is 6.75. The molecule has 0 bridgehead atoms. The Morgan fingerprint density at radius 2 is 1.77 bits per heavy atom. The molecule has 0 aliphatic rings. The van der Waals surface area contributed by atoms with Gasteiger partial charge < -0.3 is 11.1 Å². The molecule has 7 nitrogen and oxygen atoms in total. The summed E-state index contributed by atoms with van der Waals surface area (Å²) in [7, 11) is 0. The number of nitrogen functional groups attached to an aromatic ring is 1. The van der Waals surface area contributed by atoms with Gasteiger partial charge in [0.05, 0.1) is 5.02 Å². The van der Waals surface area contributed by atoms with Crippen LogP contribution >= 0.6 is 11.6 Å². The van der Waals surface area contributed by atoms with Gasteiger partial charge in [0.15, 0.2) is 11.6 Å². The van der Waals surface area contributed by atoms with Crippen molar-refractivity contribution in [2.75, 3.05) is 16.5 Å². The number of aromatic nitrogens is 2. The molecule has 1 aromatic heterocycles. The number of fused-ring (bicyclic) bond motifs is 1. The fourth-order valence-corrected chi connectivity index (χ4v) is 3.09. The summed E-state index contributed by atoms with van der Waals surface area (Å²) in [6, 6.07) is 17.2. The highest BCUT2D eigenvalue weighted by atomic mass is 35.5. The second kappa shape index (κ2) is 8.22. The monoisotopic (exact) mass is 422 g/mol. The third kappa shape index (κ3) is 3.94. The third-order valence-corrected chi connectivity index (χ3v) is 4.68. The van der Waals surface area contributed by atoms with Crippen molar-refractivity contribution in [1.29, 1.82) is 0 Å². The van der Waals surface area contributed by atoms with E-state index in [1.54, 1.807) is 6.07 Å². The van der Waals surface area contributed by atoms with Crippen LogP contribution in [0.5, 0.6) is 0 Å². The number of carbonyl (C=O) groups is 1. The van der Waals surface area contributed by atoms with Gasteiger partial charge in [0.1, 0.15) is 17.8 Å². The van der Waals surface area contributed by atoms with Crippen molar-refractivity contribution >= 4 is 51.3 Å². The average Bonchev–Trinajstić information content (AvgIpc) is 2.76. The molecule has 30 heavy (non-hydrogen) atoms. The Balaban J connectivity index is 1.51. The van der Waals surface area contributed by atoms with Crippen LogP contribution in [0.2, 0.25) is 5.02 Å². The van der Waals surface area contributed by atoms with Crippen LogP contribution in [0.25, 0.3) is 10.8 Å². The molecule has 0 saturated carbocycles. The lowest BCUT2D eigenvalue weighted by molar-refractivity contribution is 0.0964. The van der Waals surface area contributed by atoms with Crippen molar-refractivity contribution in [2.45, 2.75) is 0 Å². The predicted molar refractivity (Wildman–Crippen MR) is 116 cm³/mol. The van der Waals surface area contributed by atoms with E-state index < -0.39 is 5.82 Å². The van der Waals surface area contributed by atoms with E-state index in [1.165, 1.54) is 24.5 Å². The molecule has 1 heterocycles. The molecule has 4 rings (SSSR count). The van der Waals surface area contributed by atoms with Crippen LogP contribution in [0.4, 0.5) is 27.4 Å².